The summed E-state index contributed by atoms with van der Waals surface area (Å²) in [4.78, 5) is 12.4. The number of amides is 1. The zero-order valence-electron chi connectivity index (χ0n) is 12.6. The molecule has 1 fully saturated rings. The molecule has 0 saturated heterocycles. The lowest BCUT2D eigenvalue weighted by Gasteiger charge is -2.19. The fourth-order valence-corrected chi connectivity index (χ4v) is 2.35. The molecule has 3 nitrogen and oxygen atoms in total. The van der Waals surface area contributed by atoms with Gasteiger partial charge in [0.15, 0.2) is 0 Å². The van der Waals surface area contributed by atoms with Crippen molar-refractivity contribution in [1.82, 2.24) is 10.6 Å². The van der Waals surface area contributed by atoms with Crippen molar-refractivity contribution in [3.8, 4) is 0 Å². The van der Waals surface area contributed by atoms with Gasteiger partial charge in [-0.3, -0.25) is 10.1 Å². The maximum atomic E-state index is 13.1. The second kappa shape index (κ2) is 6.87. The van der Waals surface area contributed by atoms with Gasteiger partial charge in [-0.25, -0.2) is 8.78 Å². The van der Waals surface area contributed by atoms with E-state index in [0.717, 1.165) is 18.4 Å². The molecule has 1 atom stereocenters. The number of carbonyl (C=O) groups is 1. The molecule has 5 heteroatoms. The fraction of sp³-hybridized carbons (Fsp3) is 0.278. The Balaban J connectivity index is 1.72. The summed E-state index contributed by atoms with van der Waals surface area (Å²) in [5, 5.41) is 6.12. The minimum absolute atomic E-state index is 0.124. The average Bonchev–Trinajstić information content (AvgIpc) is 3.35. The summed E-state index contributed by atoms with van der Waals surface area (Å²) in [5.41, 5.74) is 1.57. The minimum atomic E-state index is -0.568. The third-order valence-electron chi connectivity index (χ3n) is 3.81. The normalized spacial score (nSPS) is 15.2. The van der Waals surface area contributed by atoms with E-state index in [1.807, 2.05) is 0 Å². The number of carbonyl (C=O) groups excluding carboxylic acids is 1. The van der Waals surface area contributed by atoms with E-state index < -0.39 is 6.04 Å². The third kappa shape index (κ3) is 4.36. The number of hydrogen-bond acceptors (Lipinski definition) is 2. The van der Waals surface area contributed by atoms with Gasteiger partial charge in [0.25, 0.3) is 0 Å². The van der Waals surface area contributed by atoms with Crippen LogP contribution in [0.4, 0.5) is 8.78 Å². The summed E-state index contributed by atoms with van der Waals surface area (Å²) >= 11 is 0. The summed E-state index contributed by atoms with van der Waals surface area (Å²) in [5.74, 6) is -0.759. The Kier molecular flexibility index (Phi) is 4.67. The zero-order chi connectivity index (χ0) is 16.2. The Morgan fingerprint density at radius 2 is 1.57 bits per heavy atom. The standard InChI is InChI=1S/C18H18F2N2O/c19-14-5-1-12(2-6-14)11-21-17(18(23)22-16-9-10-16)13-3-7-15(20)8-4-13/h1-8,16-17,21H,9-11H2,(H,22,23). The fourth-order valence-electron chi connectivity index (χ4n) is 2.35. The molecule has 2 aromatic rings. The molecule has 1 amide bonds. The van der Waals surface area contributed by atoms with Gasteiger partial charge < -0.3 is 5.32 Å². The lowest BCUT2D eigenvalue weighted by Crippen LogP contribution is -2.38. The lowest BCUT2D eigenvalue weighted by molar-refractivity contribution is -0.123. The molecule has 0 heterocycles. The Bertz CT molecular complexity index is 666. The summed E-state index contributed by atoms with van der Waals surface area (Å²) in [6.07, 6.45) is 2.00. The smallest absolute Gasteiger partial charge is 0.241 e. The highest BCUT2D eigenvalue weighted by atomic mass is 19.1. The number of nitrogens with one attached hydrogen (secondary N) is 2. The van der Waals surface area contributed by atoms with E-state index in [1.165, 1.54) is 24.3 Å². The Labute approximate surface area is 133 Å². The maximum absolute atomic E-state index is 13.1. The van der Waals surface area contributed by atoms with Crippen LogP contribution in [0.15, 0.2) is 48.5 Å². The number of halogens is 2. The van der Waals surface area contributed by atoms with Gasteiger partial charge in [-0.15, -0.1) is 0 Å². The monoisotopic (exact) mass is 316 g/mol. The van der Waals surface area contributed by atoms with Gasteiger partial charge in [-0.1, -0.05) is 24.3 Å². The van der Waals surface area contributed by atoms with E-state index >= 15 is 0 Å². The van der Waals surface area contributed by atoms with Crippen LogP contribution in [0.3, 0.4) is 0 Å². The van der Waals surface area contributed by atoms with E-state index in [0.29, 0.717) is 12.1 Å². The van der Waals surface area contributed by atoms with Gasteiger partial charge in [-0.2, -0.15) is 0 Å². The van der Waals surface area contributed by atoms with Crippen molar-refractivity contribution >= 4 is 5.91 Å². The first-order valence-corrected chi connectivity index (χ1v) is 7.65. The number of benzene rings is 2. The highest BCUT2D eigenvalue weighted by molar-refractivity contribution is 5.83. The third-order valence-corrected chi connectivity index (χ3v) is 3.81. The molecule has 0 spiro atoms. The van der Waals surface area contributed by atoms with Gasteiger partial charge in [0, 0.05) is 12.6 Å². The molecule has 1 aliphatic rings. The van der Waals surface area contributed by atoms with Crippen LogP contribution in [0.25, 0.3) is 0 Å². The summed E-state index contributed by atoms with van der Waals surface area (Å²) in [6.45, 7) is 0.417. The molecule has 0 aromatic heterocycles. The molecular weight excluding hydrogens is 298 g/mol. The maximum Gasteiger partial charge on any atom is 0.241 e. The SMILES string of the molecule is O=C(NC1CC1)C(NCc1ccc(F)cc1)c1ccc(F)cc1. The van der Waals surface area contributed by atoms with Crippen LogP contribution < -0.4 is 10.6 Å². The van der Waals surface area contributed by atoms with Crippen LogP contribution in [0.5, 0.6) is 0 Å². The molecular formula is C18H18F2N2O. The quantitative estimate of drug-likeness (QED) is 0.860. The second-order valence-corrected chi connectivity index (χ2v) is 5.77. The van der Waals surface area contributed by atoms with Crippen LogP contribution in [0.2, 0.25) is 0 Å². The van der Waals surface area contributed by atoms with Crippen molar-refractivity contribution in [2.75, 3.05) is 0 Å². The predicted octanol–water partition coefficient (Wildman–Crippen LogP) is 3.07. The van der Waals surface area contributed by atoms with E-state index in [9.17, 15) is 13.6 Å². The van der Waals surface area contributed by atoms with Gasteiger partial charge in [0.2, 0.25) is 5.91 Å². The largest absolute Gasteiger partial charge is 0.352 e. The Hall–Kier alpha value is -2.27. The van der Waals surface area contributed by atoms with Gasteiger partial charge in [-0.05, 0) is 48.2 Å². The summed E-state index contributed by atoms with van der Waals surface area (Å²) < 4.78 is 26.1. The summed E-state index contributed by atoms with van der Waals surface area (Å²) in [7, 11) is 0. The minimum Gasteiger partial charge on any atom is -0.352 e. The molecule has 1 saturated carbocycles. The molecule has 0 aliphatic heterocycles. The molecule has 0 bridgehead atoms. The van der Waals surface area contributed by atoms with Crippen LogP contribution in [-0.4, -0.2) is 11.9 Å². The van der Waals surface area contributed by atoms with E-state index in [4.69, 9.17) is 0 Å². The van der Waals surface area contributed by atoms with E-state index in [2.05, 4.69) is 10.6 Å². The first-order chi connectivity index (χ1) is 11.1. The van der Waals surface area contributed by atoms with Crippen LogP contribution in [-0.2, 0) is 11.3 Å². The van der Waals surface area contributed by atoms with Crippen LogP contribution in [0.1, 0.15) is 30.0 Å². The van der Waals surface area contributed by atoms with Crippen molar-refractivity contribution in [2.45, 2.75) is 31.5 Å². The van der Waals surface area contributed by atoms with Gasteiger partial charge in [0.05, 0.1) is 0 Å². The van der Waals surface area contributed by atoms with Crippen molar-refractivity contribution < 1.29 is 13.6 Å². The van der Waals surface area contributed by atoms with Crippen LogP contribution in [0, 0.1) is 11.6 Å². The van der Waals surface area contributed by atoms with Crippen molar-refractivity contribution in [2.24, 2.45) is 0 Å². The molecule has 2 aromatic carbocycles. The van der Waals surface area contributed by atoms with Crippen molar-refractivity contribution in [1.29, 1.82) is 0 Å². The number of rotatable bonds is 6. The van der Waals surface area contributed by atoms with E-state index in [-0.39, 0.29) is 23.6 Å². The van der Waals surface area contributed by atoms with Gasteiger partial charge >= 0.3 is 0 Å². The first kappa shape index (κ1) is 15.6. The predicted molar refractivity (Wildman–Crippen MR) is 83.5 cm³/mol. The molecule has 23 heavy (non-hydrogen) atoms. The Morgan fingerprint density at radius 3 is 2.13 bits per heavy atom. The van der Waals surface area contributed by atoms with Crippen molar-refractivity contribution in [3.05, 3.63) is 71.3 Å². The summed E-state index contributed by atoms with van der Waals surface area (Å²) in [6, 6.07) is 11.7. The zero-order valence-corrected chi connectivity index (χ0v) is 12.6. The molecule has 1 unspecified atom stereocenters. The average molecular weight is 316 g/mol. The molecule has 2 N–H and O–H groups in total. The number of hydrogen-bond donors (Lipinski definition) is 2. The molecule has 3 rings (SSSR count). The van der Waals surface area contributed by atoms with Gasteiger partial charge in [0.1, 0.15) is 17.7 Å². The molecule has 120 valence electrons. The van der Waals surface area contributed by atoms with Crippen LogP contribution >= 0.6 is 0 Å². The molecule has 1 aliphatic carbocycles. The lowest BCUT2D eigenvalue weighted by atomic mass is 10.1. The van der Waals surface area contributed by atoms with E-state index in [1.54, 1.807) is 24.3 Å². The molecule has 0 radical (unpaired) electrons. The topological polar surface area (TPSA) is 41.1 Å². The highest BCUT2D eigenvalue weighted by Crippen LogP contribution is 2.21. The second-order valence-electron chi connectivity index (χ2n) is 5.77. The van der Waals surface area contributed by atoms with Crippen molar-refractivity contribution in [3.63, 3.8) is 0 Å². The first-order valence-electron chi connectivity index (χ1n) is 7.65. The highest BCUT2D eigenvalue weighted by Gasteiger charge is 2.28. The Morgan fingerprint density at radius 1 is 1.00 bits per heavy atom.